The molecule has 3 nitrogen and oxygen atoms in total. The fraction of sp³-hybridized carbons (Fsp3) is 0.625. The molecule has 3 rings (SSSR count). The summed E-state index contributed by atoms with van der Waals surface area (Å²) in [4.78, 5) is 2.91. The minimum Gasteiger partial charge on any atom is -0.316 e. The van der Waals surface area contributed by atoms with Crippen LogP contribution in [-0.2, 0) is 19.3 Å². The molecule has 21 heavy (non-hydrogen) atoms. The van der Waals surface area contributed by atoms with Gasteiger partial charge in [0.15, 0.2) is 5.01 Å². The molecule has 1 aliphatic rings. The Hall–Kier alpha value is -0.780. The number of nitrogens with one attached hydrogen (secondary N) is 1. The molecule has 2 heterocycles. The minimum absolute atomic E-state index is 0.989. The molecule has 114 valence electrons. The van der Waals surface area contributed by atoms with Crippen LogP contribution < -0.4 is 5.32 Å². The molecular formula is C16H23N3S2. The molecule has 0 saturated carbocycles. The topological polar surface area (TPSA) is 37.8 Å². The average Bonchev–Trinajstić information content (AvgIpc) is 3.06. The van der Waals surface area contributed by atoms with E-state index in [0.717, 1.165) is 29.5 Å². The standard InChI is InChI=1S/C16H23N3S2/c1-2-9-17-10-8-15-18-19-16(21-15)14-11-12-6-4-3-5-7-13(12)20-14/h11,17H,2-10H2,1H3. The molecule has 0 atom stereocenters. The van der Waals surface area contributed by atoms with Crippen molar-refractivity contribution in [3.05, 3.63) is 21.5 Å². The molecule has 0 fully saturated rings. The van der Waals surface area contributed by atoms with Crippen molar-refractivity contribution in [1.29, 1.82) is 0 Å². The second kappa shape index (κ2) is 7.47. The lowest BCUT2D eigenvalue weighted by Gasteiger charge is -1.98. The third kappa shape index (κ3) is 3.90. The van der Waals surface area contributed by atoms with Gasteiger partial charge in [-0.2, -0.15) is 0 Å². The summed E-state index contributed by atoms with van der Waals surface area (Å²) in [5.41, 5.74) is 1.56. The van der Waals surface area contributed by atoms with Crippen molar-refractivity contribution >= 4 is 22.7 Å². The molecule has 0 bridgehead atoms. The van der Waals surface area contributed by atoms with E-state index in [1.165, 1.54) is 43.4 Å². The minimum atomic E-state index is 0.989. The van der Waals surface area contributed by atoms with E-state index in [2.05, 4.69) is 28.5 Å². The van der Waals surface area contributed by atoms with Gasteiger partial charge in [0.05, 0.1) is 4.88 Å². The molecule has 0 radical (unpaired) electrons. The van der Waals surface area contributed by atoms with Gasteiger partial charge in [-0.05, 0) is 50.3 Å². The number of hydrogen-bond acceptors (Lipinski definition) is 5. The fourth-order valence-corrected chi connectivity index (χ4v) is 4.86. The lowest BCUT2D eigenvalue weighted by atomic mass is 10.1. The third-order valence-electron chi connectivity index (χ3n) is 3.87. The zero-order valence-electron chi connectivity index (χ0n) is 12.7. The maximum Gasteiger partial charge on any atom is 0.157 e. The van der Waals surface area contributed by atoms with Crippen molar-refractivity contribution in [3.8, 4) is 9.88 Å². The lowest BCUT2D eigenvalue weighted by molar-refractivity contribution is 0.668. The van der Waals surface area contributed by atoms with Crippen molar-refractivity contribution in [1.82, 2.24) is 15.5 Å². The molecular weight excluding hydrogens is 298 g/mol. The summed E-state index contributed by atoms with van der Waals surface area (Å²) in [6.45, 7) is 4.28. The fourth-order valence-electron chi connectivity index (χ4n) is 2.72. The average molecular weight is 322 g/mol. The molecule has 0 amide bonds. The van der Waals surface area contributed by atoms with Gasteiger partial charge < -0.3 is 5.32 Å². The van der Waals surface area contributed by atoms with Crippen molar-refractivity contribution in [2.75, 3.05) is 13.1 Å². The first-order valence-corrected chi connectivity index (χ1v) is 9.65. The third-order valence-corrected chi connectivity index (χ3v) is 6.26. The number of aryl methyl sites for hydroxylation is 2. The van der Waals surface area contributed by atoms with Crippen LogP contribution in [0.4, 0.5) is 0 Å². The predicted octanol–water partition coefficient (Wildman–Crippen LogP) is 4.08. The molecule has 0 unspecified atom stereocenters. The molecule has 2 aromatic heterocycles. The highest BCUT2D eigenvalue weighted by Gasteiger charge is 2.15. The van der Waals surface area contributed by atoms with Crippen LogP contribution >= 0.6 is 22.7 Å². The monoisotopic (exact) mass is 321 g/mol. The van der Waals surface area contributed by atoms with Gasteiger partial charge in [-0.3, -0.25) is 0 Å². The van der Waals surface area contributed by atoms with Crippen molar-refractivity contribution < 1.29 is 0 Å². The first kappa shape index (κ1) is 15.1. The Balaban J connectivity index is 1.65. The van der Waals surface area contributed by atoms with E-state index < -0.39 is 0 Å². The first-order valence-electron chi connectivity index (χ1n) is 8.02. The quantitative estimate of drug-likeness (QED) is 0.643. The number of fused-ring (bicyclic) bond motifs is 1. The summed E-state index contributed by atoms with van der Waals surface area (Å²) >= 11 is 3.70. The molecule has 1 aliphatic carbocycles. The Morgan fingerprint density at radius 1 is 1.10 bits per heavy atom. The Morgan fingerprint density at radius 3 is 2.90 bits per heavy atom. The Kier molecular flexibility index (Phi) is 5.38. The van der Waals surface area contributed by atoms with Crippen LogP contribution in [-0.4, -0.2) is 23.3 Å². The zero-order valence-corrected chi connectivity index (χ0v) is 14.3. The predicted molar refractivity (Wildman–Crippen MR) is 91.3 cm³/mol. The van der Waals surface area contributed by atoms with Crippen LogP contribution in [0.3, 0.4) is 0 Å². The normalized spacial score (nSPS) is 14.9. The number of hydrogen-bond donors (Lipinski definition) is 1. The molecule has 0 aliphatic heterocycles. The van der Waals surface area contributed by atoms with Crippen LogP contribution in [0.1, 0.15) is 48.1 Å². The molecule has 0 spiro atoms. The number of nitrogens with zero attached hydrogens (tertiary/aromatic N) is 2. The zero-order chi connectivity index (χ0) is 14.5. The van der Waals surface area contributed by atoms with Crippen LogP contribution in [0.5, 0.6) is 0 Å². The lowest BCUT2D eigenvalue weighted by Crippen LogP contribution is -2.17. The van der Waals surface area contributed by atoms with E-state index in [9.17, 15) is 0 Å². The van der Waals surface area contributed by atoms with E-state index in [4.69, 9.17) is 0 Å². The number of aromatic nitrogens is 2. The summed E-state index contributed by atoms with van der Waals surface area (Å²) < 4.78 is 0. The largest absolute Gasteiger partial charge is 0.316 e. The Morgan fingerprint density at radius 2 is 2.00 bits per heavy atom. The van der Waals surface area contributed by atoms with Gasteiger partial charge in [-0.15, -0.1) is 21.5 Å². The van der Waals surface area contributed by atoms with Crippen LogP contribution in [0.15, 0.2) is 6.07 Å². The second-order valence-corrected chi connectivity index (χ2v) is 7.82. The second-order valence-electron chi connectivity index (χ2n) is 5.62. The summed E-state index contributed by atoms with van der Waals surface area (Å²) in [6.07, 6.45) is 8.74. The molecule has 0 aromatic carbocycles. The van der Waals surface area contributed by atoms with Gasteiger partial charge in [0.1, 0.15) is 5.01 Å². The molecule has 0 saturated heterocycles. The van der Waals surface area contributed by atoms with Crippen LogP contribution in [0.2, 0.25) is 0 Å². The van der Waals surface area contributed by atoms with Crippen LogP contribution in [0.25, 0.3) is 9.88 Å². The van der Waals surface area contributed by atoms with Gasteiger partial charge in [0.25, 0.3) is 0 Å². The van der Waals surface area contributed by atoms with Gasteiger partial charge in [0, 0.05) is 17.8 Å². The summed E-state index contributed by atoms with van der Waals surface area (Å²) in [5.74, 6) is 0. The maximum absolute atomic E-state index is 4.40. The van der Waals surface area contributed by atoms with E-state index in [1.807, 2.05) is 11.3 Å². The Labute approximate surface area is 134 Å². The van der Waals surface area contributed by atoms with E-state index in [1.54, 1.807) is 21.8 Å². The van der Waals surface area contributed by atoms with Gasteiger partial charge in [0.2, 0.25) is 0 Å². The van der Waals surface area contributed by atoms with Gasteiger partial charge >= 0.3 is 0 Å². The van der Waals surface area contributed by atoms with E-state index in [-0.39, 0.29) is 0 Å². The Bertz CT molecular complexity index is 550. The SMILES string of the molecule is CCCNCCc1nnc(-c2cc3c(s2)CCCCC3)s1. The van der Waals surface area contributed by atoms with Crippen LogP contribution in [0, 0.1) is 0 Å². The van der Waals surface area contributed by atoms with Crippen molar-refractivity contribution in [2.24, 2.45) is 0 Å². The molecule has 2 aromatic rings. The highest BCUT2D eigenvalue weighted by atomic mass is 32.1. The summed E-state index contributed by atoms with van der Waals surface area (Å²) in [6, 6.07) is 2.37. The smallest absolute Gasteiger partial charge is 0.157 e. The molecule has 5 heteroatoms. The highest BCUT2D eigenvalue weighted by Crippen LogP contribution is 2.36. The molecule has 1 N–H and O–H groups in total. The summed E-state index contributed by atoms with van der Waals surface area (Å²) in [5, 5.41) is 14.4. The highest BCUT2D eigenvalue weighted by molar-refractivity contribution is 7.21. The van der Waals surface area contributed by atoms with Crippen molar-refractivity contribution in [2.45, 2.75) is 51.9 Å². The maximum atomic E-state index is 4.40. The van der Waals surface area contributed by atoms with Crippen molar-refractivity contribution in [3.63, 3.8) is 0 Å². The van der Waals surface area contributed by atoms with Gasteiger partial charge in [-0.25, -0.2) is 0 Å². The van der Waals surface area contributed by atoms with E-state index >= 15 is 0 Å². The van der Waals surface area contributed by atoms with Gasteiger partial charge in [-0.1, -0.05) is 24.7 Å². The van der Waals surface area contributed by atoms with E-state index in [0.29, 0.717) is 0 Å². The first-order chi connectivity index (χ1) is 10.4. The number of rotatable bonds is 6. The summed E-state index contributed by atoms with van der Waals surface area (Å²) in [7, 11) is 0. The number of thiophene rings is 1.